The summed E-state index contributed by atoms with van der Waals surface area (Å²) in [5.41, 5.74) is 6.36. The molecule has 1 atom stereocenters. The van der Waals surface area contributed by atoms with E-state index in [0.717, 1.165) is 0 Å². The Kier molecular flexibility index (Phi) is 7.78. The number of alkyl halides is 2. The first-order valence-corrected chi connectivity index (χ1v) is 5.05. The molecule has 3 nitrogen and oxygen atoms in total. The third-order valence-electron chi connectivity index (χ3n) is 2.21. The fourth-order valence-corrected chi connectivity index (χ4v) is 1.46. The Labute approximate surface area is 105 Å². The van der Waals surface area contributed by atoms with Crippen LogP contribution >= 0.6 is 12.4 Å². The first-order chi connectivity index (χ1) is 7.65. The lowest BCUT2D eigenvalue weighted by Gasteiger charge is -2.16. The van der Waals surface area contributed by atoms with Gasteiger partial charge in [0, 0.05) is 18.2 Å². The molecule has 0 bridgehead atoms. The minimum atomic E-state index is -2.86. The zero-order chi connectivity index (χ0) is 12.0. The molecule has 1 aromatic rings. The molecule has 3 N–H and O–H groups in total. The van der Waals surface area contributed by atoms with E-state index in [0.29, 0.717) is 18.4 Å². The van der Waals surface area contributed by atoms with Gasteiger partial charge in [-0.05, 0) is 18.9 Å². The highest BCUT2D eigenvalue weighted by Crippen LogP contribution is 2.27. The Balaban J connectivity index is 0.00000256. The maximum absolute atomic E-state index is 12.1. The van der Waals surface area contributed by atoms with Gasteiger partial charge in [0.25, 0.3) is 0 Å². The lowest BCUT2D eigenvalue weighted by atomic mass is 10.0. The summed E-state index contributed by atoms with van der Waals surface area (Å²) in [6.07, 6.45) is 1.06. The predicted molar refractivity (Wildman–Crippen MR) is 63.6 cm³/mol. The number of hydrogen-bond acceptors (Lipinski definition) is 3. The molecule has 0 saturated heterocycles. The van der Waals surface area contributed by atoms with E-state index < -0.39 is 12.7 Å². The normalized spacial score (nSPS) is 12.1. The summed E-state index contributed by atoms with van der Waals surface area (Å²) >= 11 is 0. The second-order valence-electron chi connectivity index (χ2n) is 3.39. The highest BCUT2D eigenvalue weighted by molar-refractivity contribution is 5.85. The first kappa shape index (κ1) is 16.1. The zero-order valence-electron chi connectivity index (χ0n) is 9.18. The van der Waals surface area contributed by atoms with E-state index in [1.54, 1.807) is 18.2 Å². The van der Waals surface area contributed by atoms with Gasteiger partial charge < -0.3 is 15.6 Å². The van der Waals surface area contributed by atoms with Crippen LogP contribution in [0.15, 0.2) is 24.3 Å². The molecular weight excluding hydrogens is 252 g/mol. The van der Waals surface area contributed by atoms with Gasteiger partial charge >= 0.3 is 6.61 Å². The molecule has 1 rings (SSSR count). The van der Waals surface area contributed by atoms with Crippen molar-refractivity contribution in [3.8, 4) is 5.75 Å². The number of halogens is 3. The highest BCUT2D eigenvalue weighted by atomic mass is 35.5. The lowest BCUT2D eigenvalue weighted by Crippen LogP contribution is -2.14. The van der Waals surface area contributed by atoms with Crippen LogP contribution < -0.4 is 10.5 Å². The number of hydrogen-bond donors (Lipinski definition) is 2. The molecule has 0 unspecified atom stereocenters. The molecule has 0 aromatic heterocycles. The van der Waals surface area contributed by atoms with E-state index in [-0.39, 0.29) is 24.8 Å². The van der Waals surface area contributed by atoms with Gasteiger partial charge in [0.1, 0.15) is 5.75 Å². The lowest BCUT2D eigenvalue weighted by molar-refractivity contribution is -0.0506. The molecule has 0 spiro atoms. The van der Waals surface area contributed by atoms with E-state index in [1.165, 1.54) is 6.07 Å². The summed E-state index contributed by atoms with van der Waals surface area (Å²) in [6.45, 7) is -2.82. The Morgan fingerprint density at radius 2 is 1.94 bits per heavy atom. The fourth-order valence-electron chi connectivity index (χ4n) is 1.46. The molecule has 0 saturated carbocycles. The summed E-state index contributed by atoms with van der Waals surface area (Å²) in [4.78, 5) is 0. The molecule has 0 aliphatic heterocycles. The first-order valence-electron chi connectivity index (χ1n) is 5.05. The minimum Gasteiger partial charge on any atom is -0.434 e. The molecule has 17 heavy (non-hydrogen) atoms. The number of aliphatic hydroxyl groups is 1. The van der Waals surface area contributed by atoms with Crippen LogP contribution in [0.4, 0.5) is 8.78 Å². The zero-order valence-corrected chi connectivity index (χ0v) is 10.00. The quantitative estimate of drug-likeness (QED) is 0.833. The molecule has 0 fully saturated rings. The Morgan fingerprint density at radius 3 is 2.53 bits per heavy atom. The van der Waals surface area contributed by atoms with E-state index in [1.807, 2.05) is 0 Å². The van der Waals surface area contributed by atoms with Crippen molar-refractivity contribution >= 4 is 12.4 Å². The molecule has 0 radical (unpaired) electrons. The van der Waals surface area contributed by atoms with E-state index in [9.17, 15) is 8.78 Å². The van der Waals surface area contributed by atoms with Crippen molar-refractivity contribution in [2.24, 2.45) is 5.73 Å². The van der Waals surface area contributed by atoms with Crippen molar-refractivity contribution in [3.63, 3.8) is 0 Å². The molecule has 98 valence electrons. The number of aliphatic hydroxyl groups excluding tert-OH is 1. The second-order valence-corrected chi connectivity index (χ2v) is 3.39. The Bertz CT molecular complexity index is 326. The average molecular weight is 268 g/mol. The van der Waals surface area contributed by atoms with Crippen LogP contribution in [0, 0.1) is 0 Å². The van der Waals surface area contributed by atoms with E-state index >= 15 is 0 Å². The van der Waals surface area contributed by atoms with Gasteiger partial charge in [-0.15, -0.1) is 12.4 Å². The molecule has 6 heteroatoms. The van der Waals surface area contributed by atoms with Gasteiger partial charge in [-0.2, -0.15) is 8.78 Å². The van der Waals surface area contributed by atoms with Crippen LogP contribution in [0.5, 0.6) is 5.75 Å². The maximum atomic E-state index is 12.1. The van der Waals surface area contributed by atoms with E-state index in [4.69, 9.17) is 10.8 Å². The molecule has 0 aliphatic rings. The maximum Gasteiger partial charge on any atom is 0.387 e. The van der Waals surface area contributed by atoms with Crippen molar-refractivity contribution in [3.05, 3.63) is 29.8 Å². The molecule has 0 aliphatic carbocycles. The van der Waals surface area contributed by atoms with Gasteiger partial charge in [-0.25, -0.2) is 0 Å². The highest BCUT2D eigenvalue weighted by Gasteiger charge is 2.14. The Morgan fingerprint density at radius 1 is 1.29 bits per heavy atom. The van der Waals surface area contributed by atoms with Gasteiger partial charge in [0.05, 0.1) is 0 Å². The summed E-state index contributed by atoms with van der Waals surface area (Å²) in [5, 5.41) is 8.67. The van der Waals surface area contributed by atoms with Crippen molar-refractivity contribution in [2.75, 3.05) is 6.61 Å². The number of para-hydroxylation sites is 1. The van der Waals surface area contributed by atoms with Crippen LogP contribution in [0.3, 0.4) is 0 Å². The summed E-state index contributed by atoms with van der Waals surface area (Å²) in [5.74, 6) is 0.0999. The number of nitrogens with two attached hydrogens (primary N) is 1. The van der Waals surface area contributed by atoms with Crippen molar-refractivity contribution in [2.45, 2.75) is 25.5 Å². The van der Waals surface area contributed by atoms with E-state index in [2.05, 4.69) is 4.74 Å². The fraction of sp³-hybridized carbons (Fsp3) is 0.455. The second kappa shape index (κ2) is 8.22. The number of ether oxygens (including phenoxy) is 1. The van der Waals surface area contributed by atoms with Crippen LogP contribution in [0.25, 0.3) is 0 Å². The molecular formula is C11H16ClF2NO2. The van der Waals surface area contributed by atoms with Crippen molar-refractivity contribution < 1.29 is 18.6 Å². The summed E-state index contributed by atoms with van der Waals surface area (Å²) in [7, 11) is 0. The SMILES string of the molecule is Cl.N[C@H](CCCO)c1ccccc1OC(F)F. The van der Waals surface area contributed by atoms with Gasteiger partial charge in [0.2, 0.25) is 0 Å². The minimum absolute atomic E-state index is 0. The van der Waals surface area contributed by atoms with Gasteiger partial charge in [-0.1, -0.05) is 18.2 Å². The van der Waals surface area contributed by atoms with Crippen molar-refractivity contribution in [1.29, 1.82) is 0 Å². The van der Waals surface area contributed by atoms with Crippen LogP contribution in [-0.4, -0.2) is 18.3 Å². The average Bonchev–Trinajstić information content (AvgIpc) is 2.26. The molecule has 1 aromatic carbocycles. The number of rotatable bonds is 6. The van der Waals surface area contributed by atoms with Crippen LogP contribution in [-0.2, 0) is 0 Å². The largest absolute Gasteiger partial charge is 0.434 e. The molecule has 0 amide bonds. The Hall–Kier alpha value is -0.910. The predicted octanol–water partition coefficient (Wildman–Crippen LogP) is 2.48. The molecule has 0 heterocycles. The summed E-state index contributed by atoms with van der Waals surface area (Å²) in [6, 6.07) is 6.04. The standard InChI is InChI=1S/C11H15F2NO2.ClH/c12-11(13)16-10-6-2-1-4-8(10)9(14)5-3-7-15;/h1-2,4,6,9,11,15H,3,5,7,14H2;1H/t9-;/m1./s1. The third kappa shape index (κ3) is 5.30. The van der Waals surface area contributed by atoms with Gasteiger partial charge in [0.15, 0.2) is 0 Å². The van der Waals surface area contributed by atoms with Crippen molar-refractivity contribution in [1.82, 2.24) is 0 Å². The summed E-state index contributed by atoms with van der Waals surface area (Å²) < 4.78 is 28.6. The monoisotopic (exact) mass is 267 g/mol. The number of benzene rings is 1. The third-order valence-corrected chi connectivity index (χ3v) is 2.21. The smallest absolute Gasteiger partial charge is 0.387 e. The van der Waals surface area contributed by atoms with Crippen LogP contribution in [0.1, 0.15) is 24.4 Å². The topological polar surface area (TPSA) is 55.5 Å². The van der Waals surface area contributed by atoms with Crippen LogP contribution in [0.2, 0.25) is 0 Å². The van der Waals surface area contributed by atoms with Gasteiger partial charge in [-0.3, -0.25) is 0 Å².